The van der Waals surface area contributed by atoms with Gasteiger partial charge in [0.05, 0.1) is 24.3 Å². The fraction of sp³-hybridized carbons (Fsp3) is 0.160. The monoisotopic (exact) mass is 548 g/mol. The largest absolute Gasteiger partial charge is 0.497 e. The van der Waals surface area contributed by atoms with Crippen LogP contribution in [0.25, 0.3) is 0 Å². The van der Waals surface area contributed by atoms with Crippen molar-refractivity contribution in [2.45, 2.75) is 16.6 Å². The number of ether oxygens (including phenoxy) is 2. The average Bonchev–Trinajstić information content (AvgIpc) is 2.88. The minimum atomic E-state index is -4.41. The van der Waals surface area contributed by atoms with Crippen LogP contribution >= 0.6 is 0 Å². The zero-order chi connectivity index (χ0) is 27.9. The van der Waals surface area contributed by atoms with Gasteiger partial charge in [0, 0.05) is 23.7 Å². The van der Waals surface area contributed by atoms with E-state index in [4.69, 9.17) is 9.47 Å². The van der Waals surface area contributed by atoms with Crippen LogP contribution < -0.4 is 15.4 Å². The Balaban J connectivity index is 1.61. The maximum absolute atomic E-state index is 13.6. The summed E-state index contributed by atoms with van der Waals surface area (Å²) in [6.45, 7) is -0.624. The molecule has 1 atom stereocenters. The molecule has 3 rings (SSSR count). The van der Waals surface area contributed by atoms with Gasteiger partial charge in [-0.2, -0.15) is 0 Å². The first-order valence-corrected chi connectivity index (χ1v) is 12.5. The van der Waals surface area contributed by atoms with Crippen LogP contribution in [0.4, 0.5) is 25.0 Å². The van der Waals surface area contributed by atoms with Gasteiger partial charge in [0.1, 0.15) is 17.4 Å². The van der Waals surface area contributed by atoms with Gasteiger partial charge < -0.3 is 19.9 Å². The van der Waals surface area contributed by atoms with E-state index in [1.807, 2.05) is 5.32 Å². The van der Waals surface area contributed by atoms with E-state index in [1.54, 1.807) is 24.3 Å². The number of carboxylic acids is 1. The van der Waals surface area contributed by atoms with Crippen molar-refractivity contribution >= 4 is 39.2 Å². The normalized spacial score (nSPS) is 11.8. The second-order valence-electron chi connectivity index (χ2n) is 7.75. The Kier molecular flexibility index (Phi) is 8.97. The number of rotatable bonds is 10. The van der Waals surface area contributed by atoms with E-state index in [2.05, 4.69) is 5.32 Å². The van der Waals surface area contributed by atoms with Crippen molar-refractivity contribution in [3.63, 3.8) is 0 Å². The number of sulfone groups is 1. The van der Waals surface area contributed by atoms with Crippen molar-refractivity contribution < 1.29 is 46.2 Å². The lowest BCUT2D eigenvalue weighted by Crippen LogP contribution is -2.32. The summed E-state index contributed by atoms with van der Waals surface area (Å²) >= 11 is 0. The third kappa shape index (κ3) is 7.03. The molecule has 0 heterocycles. The van der Waals surface area contributed by atoms with Crippen molar-refractivity contribution in [1.29, 1.82) is 0 Å². The predicted molar refractivity (Wildman–Crippen MR) is 132 cm³/mol. The summed E-state index contributed by atoms with van der Waals surface area (Å²) in [6.07, 6.45) is -1.79. The number of anilines is 2. The molecule has 0 saturated carbocycles. The van der Waals surface area contributed by atoms with Gasteiger partial charge in [-0.3, -0.25) is 14.9 Å². The molecule has 3 aromatic carbocycles. The Morgan fingerprint density at radius 1 is 0.947 bits per heavy atom. The Hall–Kier alpha value is -4.52. The smallest absolute Gasteiger partial charge is 0.411 e. The zero-order valence-electron chi connectivity index (χ0n) is 19.8. The van der Waals surface area contributed by atoms with Gasteiger partial charge >= 0.3 is 12.1 Å². The van der Waals surface area contributed by atoms with Crippen LogP contribution in [-0.2, 0) is 19.4 Å². The Morgan fingerprint density at radius 3 is 2.18 bits per heavy atom. The Morgan fingerprint density at radius 2 is 1.61 bits per heavy atom. The van der Waals surface area contributed by atoms with E-state index in [9.17, 15) is 36.7 Å². The molecule has 0 saturated heterocycles. The number of aliphatic carboxylic acids is 1. The molecule has 0 aromatic heterocycles. The number of carboxylic acid groups (broad SMARTS) is 1. The van der Waals surface area contributed by atoms with E-state index in [1.165, 1.54) is 19.2 Å². The maximum Gasteiger partial charge on any atom is 0.411 e. The number of benzene rings is 3. The summed E-state index contributed by atoms with van der Waals surface area (Å²) in [5, 5.41) is 12.1. The lowest BCUT2D eigenvalue weighted by molar-refractivity contribution is -0.136. The summed E-state index contributed by atoms with van der Waals surface area (Å²) in [5.74, 6) is -3.48. The summed E-state index contributed by atoms with van der Waals surface area (Å²) in [5.41, 5.74) is 0.224. The highest BCUT2D eigenvalue weighted by Crippen LogP contribution is 2.22. The van der Waals surface area contributed by atoms with Crippen LogP contribution in [0, 0.1) is 11.6 Å². The molecule has 38 heavy (non-hydrogen) atoms. The second kappa shape index (κ2) is 12.1. The summed E-state index contributed by atoms with van der Waals surface area (Å²) < 4.78 is 62.2. The van der Waals surface area contributed by atoms with Crippen molar-refractivity contribution in [3.05, 3.63) is 83.9 Å². The number of carbonyl (C=O) groups is 3. The van der Waals surface area contributed by atoms with Crippen molar-refractivity contribution in [2.75, 3.05) is 24.4 Å². The first kappa shape index (κ1) is 28.1. The van der Waals surface area contributed by atoms with Gasteiger partial charge in [0.25, 0.3) is 5.91 Å². The molecule has 0 aliphatic heterocycles. The zero-order valence-corrected chi connectivity index (χ0v) is 20.6. The van der Waals surface area contributed by atoms with Crippen molar-refractivity contribution in [2.24, 2.45) is 0 Å². The SMILES string of the molecule is COc1ccc(C(=O)Nc2ccc(S(=O)(=O)C(CCOC(=O)Nc3ccc(F)cc3F)C(=O)O)cc2)cc1. The first-order chi connectivity index (χ1) is 18.0. The second-order valence-corrected chi connectivity index (χ2v) is 9.88. The number of halogens is 2. The molecule has 1 unspecified atom stereocenters. The van der Waals surface area contributed by atoms with Crippen molar-refractivity contribution in [1.82, 2.24) is 0 Å². The summed E-state index contributed by atoms with van der Waals surface area (Å²) in [7, 11) is -2.93. The van der Waals surface area contributed by atoms with Crippen LogP contribution in [0.3, 0.4) is 0 Å². The lowest BCUT2D eigenvalue weighted by Gasteiger charge is -2.15. The van der Waals surface area contributed by atoms with Crippen molar-refractivity contribution in [3.8, 4) is 5.75 Å². The van der Waals surface area contributed by atoms with Gasteiger partial charge in [-0.15, -0.1) is 0 Å². The van der Waals surface area contributed by atoms with E-state index < -0.39 is 57.7 Å². The number of nitrogens with one attached hydrogen (secondary N) is 2. The van der Waals surface area contributed by atoms with E-state index in [-0.39, 0.29) is 16.3 Å². The highest BCUT2D eigenvalue weighted by Gasteiger charge is 2.34. The first-order valence-electron chi connectivity index (χ1n) is 10.9. The number of hydrogen-bond acceptors (Lipinski definition) is 7. The fourth-order valence-electron chi connectivity index (χ4n) is 3.24. The third-order valence-electron chi connectivity index (χ3n) is 5.22. The molecule has 3 N–H and O–H groups in total. The highest BCUT2D eigenvalue weighted by atomic mass is 32.2. The van der Waals surface area contributed by atoms with Gasteiger partial charge in [-0.1, -0.05) is 0 Å². The topological polar surface area (TPSA) is 148 Å². The van der Waals surface area contributed by atoms with Crippen LogP contribution in [0.1, 0.15) is 16.8 Å². The van der Waals surface area contributed by atoms with E-state index in [0.717, 1.165) is 24.3 Å². The fourth-order valence-corrected chi connectivity index (χ4v) is 4.76. The molecule has 0 spiro atoms. The predicted octanol–water partition coefficient (Wildman–Crippen LogP) is 4.09. The summed E-state index contributed by atoms with van der Waals surface area (Å²) in [6, 6.07) is 13.6. The minimum Gasteiger partial charge on any atom is -0.497 e. The van der Waals surface area contributed by atoms with Crippen LogP contribution in [0.2, 0.25) is 0 Å². The summed E-state index contributed by atoms with van der Waals surface area (Å²) in [4.78, 5) is 35.6. The van der Waals surface area contributed by atoms with Gasteiger partial charge in [0.2, 0.25) is 0 Å². The highest BCUT2D eigenvalue weighted by molar-refractivity contribution is 7.92. The number of methoxy groups -OCH3 is 1. The molecule has 0 radical (unpaired) electrons. The molecule has 10 nitrogen and oxygen atoms in total. The minimum absolute atomic E-state index is 0.268. The van der Waals surface area contributed by atoms with E-state index >= 15 is 0 Å². The molecule has 2 amide bonds. The molecule has 3 aromatic rings. The number of hydrogen-bond donors (Lipinski definition) is 3. The Labute approximate surface area is 216 Å². The molecule has 0 aliphatic rings. The van der Waals surface area contributed by atoms with Gasteiger partial charge in [-0.05, 0) is 60.7 Å². The van der Waals surface area contributed by atoms with Crippen LogP contribution in [0.5, 0.6) is 5.75 Å². The third-order valence-corrected chi connectivity index (χ3v) is 7.34. The number of carbonyl (C=O) groups excluding carboxylic acids is 2. The van der Waals surface area contributed by atoms with E-state index in [0.29, 0.717) is 17.4 Å². The molecule has 0 bridgehead atoms. The number of amides is 2. The molecule has 0 fully saturated rings. The van der Waals surface area contributed by atoms with Gasteiger partial charge in [0.15, 0.2) is 15.1 Å². The Bertz CT molecular complexity index is 1430. The average molecular weight is 549 g/mol. The molecule has 200 valence electrons. The molecule has 0 aliphatic carbocycles. The van der Waals surface area contributed by atoms with Crippen LogP contribution in [0.15, 0.2) is 71.6 Å². The quantitative estimate of drug-likeness (QED) is 0.343. The molecular formula is C25H22F2N2O8S. The standard InChI is InChI=1S/C25H22F2N2O8S/c1-36-18-7-2-15(3-8-18)23(30)28-17-5-9-19(10-6-17)38(34,35)22(24(31)32)12-13-37-25(33)29-21-11-4-16(26)14-20(21)27/h2-11,14,22H,12-13H2,1H3,(H,28,30)(H,29,33)(H,31,32). The molecule has 13 heteroatoms. The van der Waals surface area contributed by atoms with Crippen LogP contribution in [-0.4, -0.2) is 50.5 Å². The molecular weight excluding hydrogens is 526 g/mol. The maximum atomic E-state index is 13.6. The van der Waals surface area contributed by atoms with Gasteiger partial charge in [-0.25, -0.2) is 22.0 Å². The lowest BCUT2D eigenvalue weighted by atomic mass is 10.2.